The molecule has 5 aromatic rings. The van der Waals surface area contributed by atoms with Gasteiger partial charge in [-0.25, -0.2) is 9.48 Å². The van der Waals surface area contributed by atoms with Crippen molar-refractivity contribution in [3.63, 3.8) is 0 Å². The predicted molar refractivity (Wildman–Crippen MR) is 153 cm³/mol. The topological polar surface area (TPSA) is 79.7 Å². The Bertz CT molecular complexity index is 1580. The van der Waals surface area contributed by atoms with Gasteiger partial charge in [0.25, 0.3) is 5.56 Å². The molecule has 0 aliphatic rings. The van der Waals surface area contributed by atoms with Crippen molar-refractivity contribution < 1.29 is 19.0 Å². The minimum absolute atomic E-state index is 0.141. The number of hydrogen-bond acceptors (Lipinski definition) is 6. The van der Waals surface area contributed by atoms with Crippen LogP contribution in [0.3, 0.4) is 0 Å². The molecule has 0 aliphatic carbocycles. The first-order valence-electron chi connectivity index (χ1n) is 13.2. The number of rotatable bonds is 12. The lowest BCUT2D eigenvalue weighted by Crippen LogP contribution is -2.28. The third-order valence-electron chi connectivity index (χ3n) is 6.46. The molecule has 1 heterocycles. The van der Waals surface area contributed by atoms with Gasteiger partial charge in [0.05, 0.1) is 24.7 Å². The third-order valence-corrected chi connectivity index (χ3v) is 6.46. The molecule has 4 aromatic carbocycles. The van der Waals surface area contributed by atoms with Gasteiger partial charge in [-0.3, -0.25) is 4.79 Å². The summed E-state index contributed by atoms with van der Waals surface area (Å²) >= 11 is 0. The fraction of sp³-hybridized carbons (Fsp3) is 0.182. The first-order chi connectivity index (χ1) is 19.7. The summed E-state index contributed by atoms with van der Waals surface area (Å²) in [5, 5.41) is 5.69. The van der Waals surface area contributed by atoms with Gasteiger partial charge in [-0.15, -0.1) is 0 Å². The fourth-order valence-electron chi connectivity index (χ4n) is 4.28. The highest BCUT2D eigenvalue weighted by atomic mass is 16.6. The van der Waals surface area contributed by atoms with Crippen molar-refractivity contribution in [3.8, 4) is 5.75 Å². The largest absolute Gasteiger partial charge is 0.492 e. The van der Waals surface area contributed by atoms with E-state index in [-0.39, 0.29) is 12.2 Å². The fourth-order valence-corrected chi connectivity index (χ4v) is 4.28. The minimum atomic E-state index is -0.762. The molecule has 0 aliphatic heterocycles. The summed E-state index contributed by atoms with van der Waals surface area (Å²) in [7, 11) is 0. The maximum atomic E-state index is 13.0. The van der Waals surface area contributed by atoms with Crippen LogP contribution in [0.25, 0.3) is 10.8 Å². The number of carbonyl (C=O) groups excluding carboxylic acids is 1. The lowest BCUT2D eigenvalue weighted by molar-refractivity contribution is -0.159. The second kappa shape index (κ2) is 13.4. The molecule has 0 saturated carbocycles. The van der Waals surface area contributed by atoms with E-state index in [0.29, 0.717) is 37.3 Å². The van der Waals surface area contributed by atoms with Crippen LogP contribution in [0.1, 0.15) is 16.7 Å². The van der Waals surface area contributed by atoms with E-state index in [1.165, 1.54) is 4.68 Å². The summed E-state index contributed by atoms with van der Waals surface area (Å²) < 4.78 is 18.9. The molecule has 7 heteroatoms. The number of aromatic nitrogens is 2. The summed E-state index contributed by atoms with van der Waals surface area (Å²) in [5.41, 5.74) is 2.67. The Morgan fingerprint density at radius 2 is 1.40 bits per heavy atom. The Balaban J connectivity index is 1.18. The maximum absolute atomic E-state index is 13.0. The molecule has 0 bridgehead atoms. The van der Waals surface area contributed by atoms with Crippen molar-refractivity contribution in [3.05, 3.63) is 142 Å². The zero-order chi connectivity index (χ0) is 27.6. The van der Waals surface area contributed by atoms with E-state index in [9.17, 15) is 9.59 Å². The van der Waals surface area contributed by atoms with Crippen molar-refractivity contribution in [2.75, 3.05) is 6.61 Å². The van der Waals surface area contributed by atoms with Crippen LogP contribution in [0.2, 0.25) is 0 Å². The first-order valence-corrected chi connectivity index (χ1v) is 13.2. The van der Waals surface area contributed by atoms with Gasteiger partial charge in [0.2, 0.25) is 0 Å². The van der Waals surface area contributed by atoms with Crippen LogP contribution in [0.15, 0.2) is 120 Å². The molecule has 1 atom stereocenters. The Labute approximate surface area is 232 Å². The predicted octanol–water partition coefficient (Wildman–Crippen LogP) is 5.35. The van der Waals surface area contributed by atoms with Crippen LogP contribution in [0.5, 0.6) is 5.75 Å². The second-order valence-electron chi connectivity index (χ2n) is 9.34. The quantitative estimate of drug-likeness (QED) is 0.201. The molecule has 1 aromatic heterocycles. The summed E-state index contributed by atoms with van der Waals surface area (Å²) in [4.78, 5) is 25.6. The molecule has 0 radical (unpaired) electrons. The highest BCUT2D eigenvalue weighted by Gasteiger charge is 2.22. The van der Waals surface area contributed by atoms with Crippen LogP contribution in [0.4, 0.5) is 0 Å². The average molecular weight is 535 g/mol. The van der Waals surface area contributed by atoms with Crippen molar-refractivity contribution in [1.82, 2.24) is 9.78 Å². The molecule has 40 heavy (non-hydrogen) atoms. The van der Waals surface area contributed by atoms with Gasteiger partial charge >= 0.3 is 5.97 Å². The molecule has 7 nitrogen and oxygen atoms in total. The molecule has 0 amide bonds. The SMILES string of the molecule is O=C(OCc1ccccc1)C(Cc1ccc(OCCn2ncc3ccccc3c2=O)cc1)OCc1ccccc1. The normalized spacial score (nSPS) is 11.7. The first kappa shape index (κ1) is 26.8. The molecule has 0 saturated heterocycles. The van der Waals surface area contributed by atoms with Gasteiger partial charge < -0.3 is 14.2 Å². The number of ether oxygens (including phenoxy) is 3. The summed E-state index contributed by atoms with van der Waals surface area (Å²) in [5.74, 6) is 0.249. The van der Waals surface area contributed by atoms with E-state index in [1.54, 1.807) is 12.3 Å². The van der Waals surface area contributed by atoms with Crippen molar-refractivity contribution in [2.45, 2.75) is 32.3 Å². The molecule has 1 unspecified atom stereocenters. The highest BCUT2D eigenvalue weighted by Crippen LogP contribution is 2.17. The van der Waals surface area contributed by atoms with E-state index in [0.717, 1.165) is 22.1 Å². The van der Waals surface area contributed by atoms with Crippen LogP contribution >= 0.6 is 0 Å². The zero-order valence-electron chi connectivity index (χ0n) is 22.0. The second-order valence-corrected chi connectivity index (χ2v) is 9.34. The maximum Gasteiger partial charge on any atom is 0.335 e. The Morgan fingerprint density at radius 1 is 0.750 bits per heavy atom. The molecule has 0 N–H and O–H groups in total. The number of carbonyl (C=O) groups is 1. The van der Waals surface area contributed by atoms with Crippen LogP contribution in [-0.2, 0) is 40.4 Å². The van der Waals surface area contributed by atoms with Crippen LogP contribution in [-0.4, -0.2) is 28.5 Å². The third kappa shape index (κ3) is 7.21. The number of nitrogens with zero attached hydrogens (tertiary/aromatic N) is 2. The van der Waals surface area contributed by atoms with E-state index in [1.807, 2.05) is 103 Å². The van der Waals surface area contributed by atoms with Crippen molar-refractivity contribution in [2.24, 2.45) is 0 Å². The highest BCUT2D eigenvalue weighted by molar-refractivity contribution is 5.80. The van der Waals surface area contributed by atoms with E-state index in [2.05, 4.69) is 5.10 Å². The lowest BCUT2D eigenvalue weighted by atomic mass is 10.1. The van der Waals surface area contributed by atoms with Gasteiger partial charge in [-0.2, -0.15) is 5.10 Å². The van der Waals surface area contributed by atoms with Crippen molar-refractivity contribution >= 4 is 16.7 Å². The van der Waals surface area contributed by atoms with Gasteiger partial charge in [0.15, 0.2) is 6.10 Å². The Hall–Kier alpha value is -4.75. The standard InChI is InChI=1S/C33H30N2O5/c36-32-30-14-8-7-13-28(30)22-34-35(32)19-20-38-29-17-15-25(16-18-29)21-31(39-23-26-9-3-1-4-10-26)33(37)40-24-27-11-5-2-6-12-27/h1-18,22,31H,19-21,23-24H2. The number of hydrogen-bond donors (Lipinski definition) is 0. The summed E-state index contributed by atoms with van der Waals surface area (Å²) in [6.45, 7) is 1.11. The van der Waals surface area contributed by atoms with Gasteiger partial charge in [-0.05, 0) is 34.9 Å². The van der Waals surface area contributed by atoms with E-state index < -0.39 is 12.1 Å². The van der Waals surface area contributed by atoms with Gasteiger partial charge in [0.1, 0.15) is 19.0 Å². The van der Waals surface area contributed by atoms with Crippen LogP contribution in [0, 0.1) is 0 Å². The monoisotopic (exact) mass is 534 g/mol. The zero-order valence-corrected chi connectivity index (χ0v) is 22.0. The molecule has 5 rings (SSSR count). The molecule has 0 spiro atoms. The van der Waals surface area contributed by atoms with E-state index >= 15 is 0 Å². The smallest absolute Gasteiger partial charge is 0.335 e. The molecular formula is C33H30N2O5. The van der Waals surface area contributed by atoms with Crippen molar-refractivity contribution in [1.29, 1.82) is 0 Å². The summed E-state index contributed by atoms with van der Waals surface area (Å²) in [6.07, 6.45) is 1.28. The van der Waals surface area contributed by atoms with E-state index in [4.69, 9.17) is 14.2 Å². The number of esters is 1. The number of benzene rings is 4. The molecule has 202 valence electrons. The Morgan fingerprint density at radius 3 is 2.12 bits per heavy atom. The van der Waals surface area contributed by atoms with Gasteiger partial charge in [0, 0.05) is 11.8 Å². The van der Waals surface area contributed by atoms with Gasteiger partial charge in [-0.1, -0.05) is 91.0 Å². The Kier molecular flexibility index (Phi) is 8.96. The lowest BCUT2D eigenvalue weighted by Gasteiger charge is -2.18. The van der Waals surface area contributed by atoms with Crippen LogP contribution < -0.4 is 10.3 Å². The molecular weight excluding hydrogens is 504 g/mol. The number of fused-ring (bicyclic) bond motifs is 1. The molecule has 0 fully saturated rings. The minimum Gasteiger partial charge on any atom is -0.492 e. The average Bonchev–Trinajstić information content (AvgIpc) is 3.01. The summed E-state index contributed by atoms with van der Waals surface area (Å²) in [6, 6.07) is 34.2.